The number of amides is 1. The van der Waals surface area contributed by atoms with E-state index in [1.54, 1.807) is 42.4 Å². The van der Waals surface area contributed by atoms with Crippen molar-refractivity contribution in [1.29, 1.82) is 0 Å². The maximum atomic E-state index is 12.9. The Hall–Kier alpha value is -3.07. The SMILES string of the molecule is COc1cccc(OC)c1C(=O)NCc1nnc(SCc2ccncc2)n1CC(C)C. The van der Waals surface area contributed by atoms with Crippen molar-refractivity contribution in [3.8, 4) is 11.5 Å². The number of aromatic nitrogens is 4. The summed E-state index contributed by atoms with van der Waals surface area (Å²) in [4.78, 5) is 16.9. The highest BCUT2D eigenvalue weighted by Gasteiger charge is 2.20. The van der Waals surface area contributed by atoms with Gasteiger partial charge in [-0.3, -0.25) is 9.78 Å². The van der Waals surface area contributed by atoms with Crippen LogP contribution in [0, 0.1) is 5.92 Å². The Bertz CT molecular complexity index is 985. The summed E-state index contributed by atoms with van der Waals surface area (Å²) >= 11 is 1.61. The molecular weight excluding hydrogens is 414 g/mol. The molecule has 2 aromatic heterocycles. The number of carbonyl (C=O) groups is 1. The molecule has 2 heterocycles. The van der Waals surface area contributed by atoms with Gasteiger partial charge in [-0.05, 0) is 35.7 Å². The van der Waals surface area contributed by atoms with Crippen LogP contribution in [0.25, 0.3) is 0 Å². The fraction of sp³-hybridized carbons (Fsp3) is 0.364. The number of benzene rings is 1. The van der Waals surface area contributed by atoms with Crippen molar-refractivity contribution in [1.82, 2.24) is 25.1 Å². The number of hydrogen-bond acceptors (Lipinski definition) is 7. The molecule has 1 aromatic carbocycles. The zero-order chi connectivity index (χ0) is 22.2. The zero-order valence-electron chi connectivity index (χ0n) is 18.2. The van der Waals surface area contributed by atoms with Crippen LogP contribution in [0.3, 0.4) is 0 Å². The highest BCUT2D eigenvalue weighted by molar-refractivity contribution is 7.98. The van der Waals surface area contributed by atoms with Gasteiger partial charge in [0.2, 0.25) is 0 Å². The number of carbonyl (C=O) groups excluding carboxylic acids is 1. The van der Waals surface area contributed by atoms with Crippen LogP contribution in [0.15, 0.2) is 47.9 Å². The van der Waals surface area contributed by atoms with Crippen LogP contribution < -0.4 is 14.8 Å². The van der Waals surface area contributed by atoms with Crippen molar-refractivity contribution in [2.75, 3.05) is 14.2 Å². The summed E-state index contributed by atoms with van der Waals surface area (Å²) in [5.41, 5.74) is 1.52. The van der Waals surface area contributed by atoms with Crippen LogP contribution in [0.4, 0.5) is 0 Å². The third-order valence-electron chi connectivity index (χ3n) is 4.52. The summed E-state index contributed by atoms with van der Waals surface area (Å²) in [6.45, 7) is 5.28. The first-order valence-electron chi connectivity index (χ1n) is 9.96. The second-order valence-corrected chi connectivity index (χ2v) is 8.21. The lowest BCUT2D eigenvalue weighted by Crippen LogP contribution is -2.26. The molecule has 9 heteroatoms. The van der Waals surface area contributed by atoms with Gasteiger partial charge in [-0.1, -0.05) is 31.7 Å². The van der Waals surface area contributed by atoms with Crippen LogP contribution >= 0.6 is 11.8 Å². The van der Waals surface area contributed by atoms with Gasteiger partial charge in [0.1, 0.15) is 17.1 Å². The lowest BCUT2D eigenvalue weighted by atomic mass is 10.1. The highest BCUT2D eigenvalue weighted by atomic mass is 32.2. The summed E-state index contributed by atoms with van der Waals surface area (Å²) in [5.74, 6) is 2.49. The fourth-order valence-corrected chi connectivity index (χ4v) is 3.98. The fourth-order valence-electron chi connectivity index (χ4n) is 3.05. The maximum Gasteiger partial charge on any atom is 0.259 e. The Morgan fingerprint density at radius 1 is 1.10 bits per heavy atom. The maximum absolute atomic E-state index is 12.9. The molecule has 0 bridgehead atoms. The summed E-state index contributed by atoms with van der Waals surface area (Å²) < 4.78 is 12.7. The summed E-state index contributed by atoms with van der Waals surface area (Å²) in [5, 5.41) is 12.4. The van der Waals surface area contributed by atoms with Crippen molar-refractivity contribution < 1.29 is 14.3 Å². The molecule has 0 unspecified atom stereocenters. The Labute approximate surface area is 186 Å². The van der Waals surface area contributed by atoms with E-state index in [1.165, 1.54) is 14.2 Å². The average Bonchev–Trinajstić information content (AvgIpc) is 3.16. The smallest absolute Gasteiger partial charge is 0.259 e. The molecule has 0 aliphatic rings. The predicted molar refractivity (Wildman–Crippen MR) is 119 cm³/mol. The van der Waals surface area contributed by atoms with Crippen molar-refractivity contribution in [2.24, 2.45) is 5.92 Å². The standard InChI is InChI=1S/C22H27N5O3S/c1-15(2)13-27-19(25-26-22(27)31-14-16-8-10-23-11-9-16)12-24-21(28)20-17(29-3)6-5-7-18(20)30-4/h5-11,15H,12-14H2,1-4H3,(H,24,28). The van der Waals surface area contributed by atoms with Gasteiger partial charge < -0.3 is 19.4 Å². The van der Waals surface area contributed by atoms with E-state index in [9.17, 15) is 4.79 Å². The van der Waals surface area contributed by atoms with Crippen molar-refractivity contribution in [2.45, 2.75) is 37.8 Å². The number of ether oxygens (including phenoxy) is 2. The number of hydrogen-bond donors (Lipinski definition) is 1. The molecule has 3 aromatic rings. The normalized spacial score (nSPS) is 10.9. The third kappa shape index (κ3) is 5.75. The minimum absolute atomic E-state index is 0.246. The molecule has 0 spiro atoms. The number of nitrogens with zero attached hydrogens (tertiary/aromatic N) is 4. The molecule has 1 N–H and O–H groups in total. The van der Waals surface area contributed by atoms with Gasteiger partial charge >= 0.3 is 0 Å². The molecular formula is C22H27N5O3S. The first-order chi connectivity index (χ1) is 15.0. The topological polar surface area (TPSA) is 91.2 Å². The van der Waals surface area contributed by atoms with E-state index in [0.29, 0.717) is 28.8 Å². The molecule has 8 nitrogen and oxygen atoms in total. The van der Waals surface area contributed by atoms with Gasteiger partial charge in [0, 0.05) is 24.7 Å². The third-order valence-corrected chi connectivity index (χ3v) is 5.56. The highest BCUT2D eigenvalue weighted by Crippen LogP contribution is 2.28. The second kappa shape index (κ2) is 10.8. The minimum Gasteiger partial charge on any atom is -0.496 e. The lowest BCUT2D eigenvalue weighted by molar-refractivity contribution is 0.0943. The first-order valence-corrected chi connectivity index (χ1v) is 10.9. The number of pyridine rings is 1. The number of thioether (sulfide) groups is 1. The van der Waals surface area contributed by atoms with Gasteiger partial charge in [-0.2, -0.15) is 0 Å². The second-order valence-electron chi connectivity index (χ2n) is 7.27. The molecule has 31 heavy (non-hydrogen) atoms. The molecule has 164 valence electrons. The number of nitrogens with one attached hydrogen (secondary N) is 1. The van der Waals surface area contributed by atoms with Crippen molar-refractivity contribution in [3.63, 3.8) is 0 Å². The van der Waals surface area contributed by atoms with Gasteiger partial charge in [0.15, 0.2) is 11.0 Å². The molecule has 0 saturated heterocycles. The molecule has 3 rings (SSSR count). The average molecular weight is 442 g/mol. The van der Waals surface area contributed by atoms with E-state index in [0.717, 1.165) is 23.0 Å². The van der Waals surface area contributed by atoms with E-state index in [-0.39, 0.29) is 12.5 Å². The molecule has 0 radical (unpaired) electrons. The Morgan fingerprint density at radius 2 is 1.77 bits per heavy atom. The number of rotatable bonds is 10. The van der Waals surface area contributed by atoms with Crippen LogP contribution in [0.2, 0.25) is 0 Å². The van der Waals surface area contributed by atoms with Crippen LogP contribution in [0.1, 0.15) is 35.6 Å². The van der Waals surface area contributed by atoms with E-state index in [2.05, 4.69) is 38.9 Å². The molecule has 0 atom stereocenters. The van der Waals surface area contributed by atoms with Gasteiger partial charge in [0.05, 0.1) is 20.8 Å². The molecule has 0 aliphatic carbocycles. The van der Waals surface area contributed by atoms with E-state index >= 15 is 0 Å². The van der Waals surface area contributed by atoms with E-state index in [4.69, 9.17) is 9.47 Å². The minimum atomic E-state index is -0.292. The Balaban J connectivity index is 1.75. The predicted octanol–water partition coefficient (Wildman–Crippen LogP) is 3.57. The Kier molecular flexibility index (Phi) is 7.88. The van der Waals surface area contributed by atoms with Crippen LogP contribution in [0.5, 0.6) is 11.5 Å². The molecule has 0 saturated carbocycles. The number of methoxy groups -OCH3 is 2. The lowest BCUT2D eigenvalue weighted by Gasteiger charge is -2.15. The summed E-state index contributed by atoms with van der Waals surface area (Å²) in [6.07, 6.45) is 3.56. The summed E-state index contributed by atoms with van der Waals surface area (Å²) in [7, 11) is 3.05. The van der Waals surface area contributed by atoms with Gasteiger partial charge in [-0.15, -0.1) is 10.2 Å². The molecule has 0 aliphatic heterocycles. The zero-order valence-corrected chi connectivity index (χ0v) is 19.0. The van der Waals surface area contributed by atoms with E-state index < -0.39 is 0 Å². The summed E-state index contributed by atoms with van der Waals surface area (Å²) in [6, 6.07) is 9.20. The largest absolute Gasteiger partial charge is 0.496 e. The van der Waals surface area contributed by atoms with Crippen molar-refractivity contribution >= 4 is 17.7 Å². The van der Waals surface area contributed by atoms with E-state index in [1.807, 2.05) is 12.1 Å². The van der Waals surface area contributed by atoms with Crippen molar-refractivity contribution in [3.05, 3.63) is 59.7 Å². The monoisotopic (exact) mass is 441 g/mol. The first kappa shape index (κ1) is 22.6. The quantitative estimate of drug-likeness (QED) is 0.481. The molecule has 1 amide bonds. The van der Waals surface area contributed by atoms with Gasteiger partial charge in [-0.25, -0.2) is 0 Å². The van der Waals surface area contributed by atoms with Crippen LogP contribution in [-0.2, 0) is 18.8 Å². The Morgan fingerprint density at radius 3 is 2.39 bits per heavy atom. The van der Waals surface area contributed by atoms with Gasteiger partial charge in [0.25, 0.3) is 5.91 Å². The van der Waals surface area contributed by atoms with Crippen LogP contribution in [-0.4, -0.2) is 39.9 Å². The molecule has 0 fully saturated rings.